The largest absolute Gasteiger partial charge is 0.387 e. The lowest BCUT2D eigenvalue weighted by atomic mass is 10.1. The fourth-order valence-corrected chi connectivity index (χ4v) is 5.32. The van der Waals surface area contributed by atoms with Crippen molar-refractivity contribution in [2.24, 2.45) is 5.16 Å². The summed E-state index contributed by atoms with van der Waals surface area (Å²) in [5.41, 5.74) is 0.356. The standard InChI is InChI=1S/C21H21N5O5S2/c1-30-12-15-11-24-21(32-15)25-20(27)19(26-31-13-18-22-9-2-10-23-18)14-3-5-16(6-4-14)33(28,29)17-7-8-17/h2-6,9-11,17H,7-8,12-13H2,1H3,(H,24,25,27)/b26-19+. The molecule has 2 aromatic heterocycles. The van der Waals surface area contributed by atoms with Gasteiger partial charge in [0.25, 0.3) is 5.91 Å². The maximum absolute atomic E-state index is 13.0. The molecule has 0 unspecified atom stereocenters. The molecule has 0 spiro atoms. The number of anilines is 1. The molecular formula is C21H21N5O5S2. The van der Waals surface area contributed by atoms with E-state index in [0.717, 1.165) is 4.88 Å². The number of carbonyl (C=O) groups excluding carboxylic acids is 1. The molecule has 0 bridgehead atoms. The van der Waals surface area contributed by atoms with Crippen LogP contribution in [-0.2, 0) is 37.4 Å². The lowest BCUT2D eigenvalue weighted by molar-refractivity contribution is -0.110. The predicted molar refractivity (Wildman–Crippen MR) is 121 cm³/mol. The van der Waals surface area contributed by atoms with Crippen LogP contribution in [0.4, 0.5) is 5.13 Å². The molecule has 1 amide bonds. The molecule has 10 nitrogen and oxygen atoms in total. The number of aromatic nitrogens is 3. The lowest BCUT2D eigenvalue weighted by Gasteiger charge is -2.08. The van der Waals surface area contributed by atoms with E-state index in [-0.39, 0.29) is 22.5 Å². The molecule has 0 radical (unpaired) electrons. The summed E-state index contributed by atoms with van der Waals surface area (Å²) in [5.74, 6) is -0.156. The topological polar surface area (TPSA) is 133 Å². The first-order valence-electron chi connectivity index (χ1n) is 10.0. The summed E-state index contributed by atoms with van der Waals surface area (Å²) in [6.45, 7) is 0.340. The molecule has 1 aliphatic rings. The number of nitrogens with one attached hydrogen (secondary N) is 1. The quantitative estimate of drug-likeness (QED) is 0.341. The third-order valence-corrected chi connectivity index (χ3v) is 7.83. The summed E-state index contributed by atoms with van der Waals surface area (Å²) >= 11 is 1.27. The van der Waals surface area contributed by atoms with E-state index in [0.29, 0.717) is 36.0 Å². The van der Waals surface area contributed by atoms with Crippen molar-refractivity contribution < 1.29 is 22.8 Å². The van der Waals surface area contributed by atoms with Crippen LogP contribution in [0.1, 0.15) is 29.1 Å². The van der Waals surface area contributed by atoms with Gasteiger partial charge < -0.3 is 9.57 Å². The SMILES string of the molecule is COCc1cnc(NC(=O)/C(=N/OCc2ncccn2)c2ccc(S(=O)(=O)C3CC3)cc2)s1. The maximum Gasteiger partial charge on any atom is 0.280 e. The van der Waals surface area contributed by atoms with Gasteiger partial charge in [-0.15, -0.1) is 0 Å². The highest BCUT2D eigenvalue weighted by atomic mass is 32.2. The molecule has 1 aliphatic carbocycles. The highest BCUT2D eigenvalue weighted by Crippen LogP contribution is 2.33. The Labute approximate surface area is 194 Å². The number of methoxy groups -OCH3 is 1. The fourth-order valence-electron chi connectivity index (χ4n) is 2.89. The van der Waals surface area contributed by atoms with Crippen LogP contribution in [0.15, 0.2) is 59.0 Å². The van der Waals surface area contributed by atoms with Gasteiger partial charge >= 0.3 is 0 Å². The molecular weight excluding hydrogens is 466 g/mol. The van der Waals surface area contributed by atoms with Gasteiger partial charge in [0.05, 0.1) is 21.6 Å². The van der Waals surface area contributed by atoms with E-state index in [1.54, 1.807) is 31.8 Å². The number of nitrogens with zero attached hydrogens (tertiary/aromatic N) is 4. The molecule has 0 aliphatic heterocycles. The Kier molecular flexibility index (Phi) is 7.06. The number of thiazole rings is 1. The van der Waals surface area contributed by atoms with Crippen LogP contribution in [0.5, 0.6) is 0 Å². The number of rotatable bonds is 10. The Morgan fingerprint density at radius 3 is 2.55 bits per heavy atom. The number of amides is 1. The molecule has 3 aromatic rings. The first kappa shape index (κ1) is 23.0. The summed E-state index contributed by atoms with van der Waals surface area (Å²) in [4.78, 5) is 31.6. The van der Waals surface area contributed by atoms with Crippen LogP contribution >= 0.6 is 11.3 Å². The van der Waals surface area contributed by atoms with Crippen molar-refractivity contribution in [3.05, 3.63) is 65.2 Å². The third-order valence-electron chi connectivity index (χ3n) is 4.66. The smallest absolute Gasteiger partial charge is 0.280 e. The molecule has 0 atom stereocenters. The van der Waals surface area contributed by atoms with Crippen molar-refractivity contribution in [3.63, 3.8) is 0 Å². The van der Waals surface area contributed by atoms with E-state index < -0.39 is 15.7 Å². The minimum Gasteiger partial charge on any atom is -0.387 e. The molecule has 1 saturated carbocycles. The van der Waals surface area contributed by atoms with E-state index in [4.69, 9.17) is 9.57 Å². The third kappa shape index (κ3) is 5.78. The summed E-state index contributed by atoms with van der Waals surface area (Å²) in [5, 5.41) is 6.74. The van der Waals surface area contributed by atoms with Gasteiger partial charge in [0.15, 0.2) is 33.1 Å². The van der Waals surface area contributed by atoms with Crippen LogP contribution in [0.3, 0.4) is 0 Å². The molecule has 0 saturated heterocycles. The number of carbonyl (C=O) groups is 1. The van der Waals surface area contributed by atoms with Crippen LogP contribution in [0, 0.1) is 0 Å². The van der Waals surface area contributed by atoms with Gasteiger partial charge in [0.2, 0.25) is 0 Å². The first-order chi connectivity index (χ1) is 16.0. The number of sulfone groups is 1. The van der Waals surface area contributed by atoms with Gasteiger partial charge in [-0.2, -0.15) is 0 Å². The van der Waals surface area contributed by atoms with Crippen molar-refractivity contribution in [1.82, 2.24) is 15.0 Å². The van der Waals surface area contributed by atoms with Crippen molar-refractivity contribution in [3.8, 4) is 0 Å². The Bertz CT molecular complexity index is 1240. The number of ether oxygens (including phenoxy) is 1. The van der Waals surface area contributed by atoms with Crippen molar-refractivity contribution in [2.45, 2.75) is 36.2 Å². The Balaban J connectivity index is 1.55. The van der Waals surface area contributed by atoms with Crippen LogP contribution in [-0.4, -0.2) is 47.3 Å². The molecule has 1 N–H and O–H groups in total. The Morgan fingerprint density at radius 2 is 1.88 bits per heavy atom. The van der Waals surface area contributed by atoms with Crippen LogP contribution < -0.4 is 5.32 Å². The van der Waals surface area contributed by atoms with E-state index in [1.807, 2.05) is 0 Å². The zero-order chi connectivity index (χ0) is 23.3. The van der Waals surface area contributed by atoms with Gasteiger partial charge in [-0.3, -0.25) is 10.1 Å². The number of hydrogen-bond acceptors (Lipinski definition) is 10. The van der Waals surface area contributed by atoms with Gasteiger partial charge in [-0.25, -0.2) is 23.4 Å². The predicted octanol–water partition coefficient (Wildman–Crippen LogP) is 2.58. The van der Waals surface area contributed by atoms with Gasteiger partial charge in [0.1, 0.15) is 0 Å². The molecule has 1 fully saturated rings. The second-order valence-corrected chi connectivity index (χ2v) is 10.5. The van der Waals surface area contributed by atoms with Crippen molar-refractivity contribution in [2.75, 3.05) is 12.4 Å². The second-order valence-electron chi connectivity index (χ2n) is 7.17. The second kappa shape index (κ2) is 10.1. The molecule has 33 heavy (non-hydrogen) atoms. The van der Waals surface area contributed by atoms with E-state index in [9.17, 15) is 13.2 Å². The lowest BCUT2D eigenvalue weighted by Crippen LogP contribution is -2.24. The summed E-state index contributed by atoms with van der Waals surface area (Å²) in [7, 11) is -1.77. The zero-order valence-electron chi connectivity index (χ0n) is 17.7. The molecule has 172 valence electrons. The van der Waals surface area contributed by atoms with E-state index in [2.05, 4.69) is 25.4 Å². The summed E-state index contributed by atoms with van der Waals surface area (Å²) < 4.78 is 30.0. The molecule has 12 heteroatoms. The van der Waals surface area contributed by atoms with Gasteiger partial charge in [-0.05, 0) is 31.0 Å². The average Bonchev–Trinajstić information content (AvgIpc) is 3.60. The highest BCUT2D eigenvalue weighted by Gasteiger charge is 2.36. The van der Waals surface area contributed by atoms with Gasteiger partial charge in [0, 0.05) is 31.3 Å². The number of oxime groups is 1. The van der Waals surface area contributed by atoms with E-state index in [1.165, 1.54) is 35.6 Å². The Morgan fingerprint density at radius 1 is 1.15 bits per heavy atom. The minimum absolute atomic E-state index is 0.0372. The molecule has 1 aromatic carbocycles. The van der Waals surface area contributed by atoms with Crippen LogP contribution in [0.2, 0.25) is 0 Å². The van der Waals surface area contributed by atoms with Crippen molar-refractivity contribution in [1.29, 1.82) is 0 Å². The maximum atomic E-state index is 13.0. The normalized spacial score (nSPS) is 14.2. The Hall–Kier alpha value is -3.22. The fraction of sp³-hybridized carbons (Fsp3) is 0.286. The van der Waals surface area contributed by atoms with E-state index >= 15 is 0 Å². The van der Waals surface area contributed by atoms with Gasteiger partial charge in [-0.1, -0.05) is 28.6 Å². The summed E-state index contributed by atoms with van der Waals surface area (Å²) in [6, 6.07) is 7.70. The number of hydrogen-bond donors (Lipinski definition) is 1. The summed E-state index contributed by atoms with van der Waals surface area (Å²) in [6.07, 6.45) is 6.10. The molecule has 4 rings (SSSR count). The molecule has 2 heterocycles. The first-order valence-corrected chi connectivity index (χ1v) is 12.4. The average molecular weight is 488 g/mol. The van der Waals surface area contributed by atoms with Crippen LogP contribution in [0.25, 0.3) is 0 Å². The minimum atomic E-state index is -3.34. The van der Waals surface area contributed by atoms with Crippen molar-refractivity contribution >= 4 is 37.9 Å². The monoisotopic (exact) mass is 487 g/mol. The zero-order valence-corrected chi connectivity index (χ0v) is 19.3. The number of benzene rings is 1. The highest BCUT2D eigenvalue weighted by molar-refractivity contribution is 7.92.